The summed E-state index contributed by atoms with van der Waals surface area (Å²) in [6.45, 7) is 0.395. The van der Waals surface area contributed by atoms with E-state index in [-0.39, 0.29) is 11.9 Å². The van der Waals surface area contributed by atoms with Crippen molar-refractivity contribution in [3.63, 3.8) is 0 Å². The van der Waals surface area contributed by atoms with E-state index in [0.717, 1.165) is 50.4 Å². The zero-order valence-electron chi connectivity index (χ0n) is 19.1. The Hall–Kier alpha value is -4.25. The maximum absolute atomic E-state index is 13.7. The van der Waals surface area contributed by atoms with Crippen LogP contribution in [0.5, 0.6) is 5.75 Å². The highest BCUT2D eigenvalue weighted by Crippen LogP contribution is 2.47. The van der Waals surface area contributed by atoms with Crippen molar-refractivity contribution in [3.05, 3.63) is 114 Å². The third-order valence-corrected chi connectivity index (χ3v) is 6.73. The predicted molar refractivity (Wildman–Crippen MR) is 132 cm³/mol. The second-order valence-electron chi connectivity index (χ2n) is 8.57. The maximum atomic E-state index is 13.7. The van der Waals surface area contributed by atoms with Crippen molar-refractivity contribution in [2.24, 2.45) is 7.05 Å². The molecule has 0 aliphatic carbocycles. The number of ether oxygens (including phenoxy) is 1. The quantitative estimate of drug-likeness (QED) is 0.322. The number of hydrogen-bond donors (Lipinski definition) is 0. The maximum Gasteiger partial charge on any atom is 0.255 e. The molecule has 3 heterocycles. The first-order valence-corrected chi connectivity index (χ1v) is 11.3. The molecule has 2 aromatic heterocycles. The fraction of sp³-hybridized carbons (Fsp3) is 0.138. The van der Waals surface area contributed by atoms with Gasteiger partial charge in [-0.15, -0.1) is 0 Å². The smallest absolute Gasteiger partial charge is 0.255 e. The van der Waals surface area contributed by atoms with Gasteiger partial charge in [0.05, 0.1) is 31.7 Å². The highest BCUT2D eigenvalue weighted by Gasteiger charge is 2.40. The molecule has 1 amide bonds. The lowest BCUT2D eigenvalue weighted by Gasteiger charge is -2.26. The Morgan fingerprint density at radius 2 is 1.76 bits per heavy atom. The van der Waals surface area contributed by atoms with Crippen molar-refractivity contribution in [1.82, 2.24) is 9.47 Å². The van der Waals surface area contributed by atoms with Crippen molar-refractivity contribution >= 4 is 16.8 Å². The van der Waals surface area contributed by atoms with Crippen molar-refractivity contribution in [3.8, 4) is 17.0 Å². The number of rotatable bonds is 5. The fourth-order valence-corrected chi connectivity index (χ4v) is 5.23. The summed E-state index contributed by atoms with van der Waals surface area (Å²) in [4.78, 5) is 15.6. The summed E-state index contributed by atoms with van der Waals surface area (Å²) in [5.74, 6) is 1.57. The molecule has 0 spiro atoms. The molecule has 1 aliphatic rings. The van der Waals surface area contributed by atoms with Crippen molar-refractivity contribution < 1.29 is 13.9 Å². The number of aryl methyl sites for hydroxylation is 1. The molecule has 5 aromatic rings. The highest BCUT2D eigenvalue weighted by atomic mass is 16.5. The van der Waals surface area contributed by atoms with Gasteiger partial charge in [-0.2, -0.15) is 0 Å². The molecule has 0 saturated carbocycles. The lowest BCUT2D eigenvalue weighted by atomic mass is 9.93. The minimum atomic E-state index is -0.249. The van der Waals surface area contributed by atoms with Crippen LogP contribution in [0.25, 0.3) is 22.2 Å². The molecular weight excluding hydrogens is 424 g/mol. The van der Waals surface area contributed by atoms with Crippen LogP contribution in [0.3, 0.4) is 0 Å². The van der Waals surface area contributed by atoms with Gasteiger partial charge in [-0.1, -0.05) is 48.5 Å². The predicted octanol–water partition coefficient (Wildman–Crippen LogP) is 6.19. The van der Waals surface area contributed by atoms with E-state index in [2.05, 4.69) is 54.1 Å². The summed E-state index contributed by atoms with van der Waals surface area (Å²) in [6.07, 6.45) is 1.65. The number of aromatic nitrogens is 1. The molecule has 0 fully saturated rings. The molecule has 3 aromatic carbocycles. The van der Waals surface area contributed by atoms with Crippen molar-refractivity contribution in [2.45, 2.75) is 12.6 Å². The largest absolute Gasteiger partial charge is 0.497 e. The van der Waals surface area contributed by atoms with Crippen molar-refractivity contribution in [2.75, 3.05) is 7.11 Å². The van der Waals surface area contributed by atoms with E-state index < -0.39 is 0 Å². The minimum absolute atomic E-state index is 0.0153. The number of carbonyl (C=O) groups is 1. The van der Waals surface area contributed by atoms with Crippen LogP contribution in [0.4, 0.5) is 0 Å². The number of methoxy groups -OCH3 is 1. The van der Waals surface area contributed by atoms with E-state index in [1.807, 2.05) is 47.4 Å². The number of nitrogens with zero attached hydrogens (tertiary/aromatic N) is 2. The second-order valence-corrected chi connectivity index (χ2v) is 8.57. The Balaban J connectivity index is 1.65. The molecule has 0 radical (unpaired) electrons. The van der Waals surface area contributed by atoms with Crippen LogP contribution in [0.15, 0.2) is 95.6 Å². The molecule has 5 nitrogen and oxygen atoms in total. The van der Waals surface area contributed by atoms with Gasteiger partial charge in [-0.3, -0.25) is 4.79 Å². The molecule has 1 unspecified atom stereocenters. The van der Waals surface area contributed by atoms with Gasteiger partial charge < -0.3 is 18.6 Å². The first kappa shape index (κ1) is 20.4. The number of carbonyl (C=O) groups excluding carboxylic acids is 1. The number of fused-ring (bicyclic) bond motifs is 2. The number of para-hydroxylation sites is 1. The number of furan rings is 1. The second kappa shape index (κ2) is 7.96. The molecule has 0 saturated heterocycles. The topological polar surface area (TPSA) is 47.6 Å². The summed E-state index contributed by atoms with van der Waals surface area (Å²) in [5, 5.41) is 1.13. The summed E-state index contributed by atoms with van der Waals surface area (Å²) in [7, 11) is 3.76. The standard InChI is InChI=1S/C29H24N2O3/c1-30-25-15-6-5-14-24(25)26(27(30)19-9-7-10-20(17-19)33-2)28-22-12-3-4-13-23(22)29(32)31(28)18-21-11-8-16-34-21/h3-17,28H,18H2,1-2H3. The lowest BCUT2D eigenvalue weighted by Crippen LogP contribution is -2.28. The third kappa shape index (κ3) is 3.05. The van der Waals surface area contributed by atoms with Crippen LogP contribution in [-0.2, 0) is 13.6 Å². The first-order valence-electron chi connectivity index (χ1n) is 11.3. The molecular formula is C29H24N2O3. The Morgan fingerprint density at radius 3 is 2.59 bits per heavy atom. The van der Waals surface area contributed by atoms with E-state index in [4.69, 9.17) is 9.15 Å². The number of hydrogen-bond acceptors (Lipinski definition) is 3. The Kier molecular flexibility index (Phi) is 4.77. The van der Waals surface area contributed by atoms with Crippen LogP contribution in [0.2, 0.25) is 0 Å². The molecule has 0 bridgehead atoms. The van der Waals surface area contributed by atoms with Gasteiger partial charge in [-0.05, 0) is 42.0 Å². The van der Waals surface area contributed by atoms with E-state index in [0.29, 0.717) is 6.54 Å². The average Bonchev–Trinajstić information content (AvgIpc) is 3.56. The van der Waals surface area contributed by atoms with Crippen LogP contribution < -0.4 is 4.74 Å². The summed E-state index contributed by atoms with van der Waals surface area (Å²) in [6, 6.07) is 27.9. The Morgan fingerprint density at radius 1 is 0.941 bits per heavy atom. The molecule has 34 heavy (non-hydrogen) atoms. The van der Waals surface area contributed by atoms with E-state index in [1.165, 1.54) is 0 Å². The summed E-state index contributed by atoms with van der Waals surface area (Å²) in [5.41, 5.74) is 6.09. The lowest BCUT2D eigenvalue weighted by molar-refractivity contribution is 0.0724. The van der Waals surface area contributed by atoms with Crippen molar-refractivity contribution in [1.29, 1.82) is 0 Å². The van der Waals surface area contributed by atoms with Gasteiger partial charge in [0.2, 0.25) is 0 Å². The fourth-order valence-electron chi connectivity index (χ4n) is 5.23. The van der Waals surface area contributed by atoms with Crippen LogP contribution in [0, 0.1) is 0 Å². The molecule has 0 N–H and O–H groups in total. The van der Waals surface area contributed by atoms with Gasteiger partial charge in [0.25, 0.3) is 5.91 Å². The highest BCUT2D eigenvalue weighted by molar-refractivity contribution is 6.02. The Bertz CT molecular complexity index is 1510. The molecule has 6 rings (SSSR count). The zero-order valence-corrected chi connectivity index (χ0v) is 19.1. The van der Waals surface area contributed by atoms with Gasteiger partial charge in [0.1, 0.15) is 11.5 Å². The molecule has 168 valence electrons. The number of benzene rings is 3. The molecule has 1 atom stereocenters. The van der Waals surface area contributed by atoms with E-state index in [9.17, 15) is 4.79 Å². The average molecular weight is 449 g/mol. The van der Waals surface area contributed by atoms with Crippen LogP contribution in [0.1, 0.15) is 33.3 Å². The first-order chi connectivity index (χ1) is 16.7. The Labute approximate surface area is 197 Å². The molecule has 1 aliphatic heterocycles. The van der Waals surface area contributed by atoms with Gasteiger partial charge >= 0.3 is 0 Å². The molecule has 5 heteroatoms. The third-order valence-electron chi connectivity index (χ3n) is 6.73. The summed E-state index contributed by atoms with van der Waals surface area (Å²) < 4.78 is 13.4. The monoisotopic (exact) mass is 448 g/mol. The van der Waals surface area contributed by atoms with Gasteiger partial charge in [-0.25, -0.2) is 0 Å². The van der Waals surface area contributed by atoms with Gasteiger partial charge in [0.15, 0.2) is 0 Å². The number of amides is 1. The zero-order chi connectivity index (χ0) is 23.2. The van der Waals surface area contributed by atoms with E-state index >= 15 is 0 Å². The normalized spacial score (nSPS) is 15.2. The minimum Gasteiger partial charge on any atom is -0.497 e. The van der Waals surface area contributed by atoms with Crippen LogP contribution >= 0.6 is 0 Å². The van der Waals surface area contributed by atoms with Crippen LogP contribution in [-0.4, -0.2) is 22.5 Å². The SMILES string of the molecule is COc1cccc(-c2c(C3c4ccccc4C(=O)N3Cc3ccco3)c3ccccc3n2C)c1. The summed E-state index contributed by atoms with van der Waals surface area (Å²) >= 11 is 0. The van der Waals surface area contributed by atoms with Gasteiger partial charge in [0, 0.05) is 34.6 Å². The van der Waals surface area contributed by atoms with E-state index in [1.54, 1.807) is 13.4 Å².